The lowest BCUT2D eigenvalue weighted by atomic mass is 10.1. The van der Waals surface area contributed by atoms with Gasteiger partial charge in [-0.05, 0) is 11.7 Å². The Bertz CT molecular complexity index is 256. The van der Waals surface area contributed by atoms with Gasteiger partial charge >= 0.3 is 0 Å². The highest BCUT2D eigenvalue weighted by molar-refractivity contribution is 7.20. The predicted molar refractivity (Wildman–Crippen MR) is 45.4 cm³/mol. The largest absolute Gasteiger partial charge is 0.486 e. The van der Waals surface area contributed by atoms with E-state index in [0.29, 0.717) is 13.2 Å². The van der Waals surface area contributed by atoms with Crippen LogP contribution in [0.4, 0.5) is 0 Å². The zero-order chi connectivity index (χ0) is 7.84. The zero-order valence-corrected chi connectivity index (χ0v) is 7.03. The van der Waals surface area contributed by atoms with Crippen molar-refractivity contribution in [2.45, 2.75) is 6.92 Å². The molecule has 4 heteroatoms. The first-order chi connectivity index (χ1) is 5.29. The van der Waals surface area contributed by atoms with Crippen LogP contribution in [0, 0.1) is 6.92 Å². The smallest absolute Gasteiger partial charge is 0.174 e. The molecule has 2 nitrogen and oxygen atoms in total. The number of thiophene rings is 1. The summed E-state index contributed by atoms with van der Waals surface area (Å²) in [4.78, 5) is 1.09. The van der Waals surface area contributed by atoms with E-state index in [1.807, 2.05) is 6.92 Å². The van der Waals surface area contributed by atoms with Gasteiger partial charge in [-0.25, -0.2) is 0 Å². The summed E-state index contributed by atoms with van der Waals surface area (Å²) in [6.45, 7) is 3.21. The SMILES string of the molecule is [B]c1sc(C)c2c1OCCO2. The van der Waals surface area contributed by atoms with E-state index in [1.165, 1.54) is 11.3 Å². The molecule has 0 N–H and O–H groups in total. The van der Waals surface area contributed by atoms with Crippen LogP contribution < -0.4 is 14.3 Å². The number of fused-ring (bicyclic) bond motifs is 1. The number of rotatable bonds is 0. The third-order valence-corrected chi connectivity index (χ3v) is 2.49. The lowest BCUT2D eigenvalue weighted by Gasteiger charge is -2.16. The maximum Gasteiger partial charge on any atom is 0.174 e. The van der Waals surface area contributed by atoms with Crippen LogP contribution >= 0.6 is 11.3 Å². The second-order valence-corrected chi connectivity index (χ2v) is 3.63. The van der Waals surface area contributed by atoms with Gasteiger partial charge in [0, 0.05) is 4.88 Å². The highest BCUT2D eigenvalue weighted by atomic mass is 32.1. The van der Waals surface area contributed by atoms with Gasteiger partial charge in [-0.3, -0.25) is 0 Å². The predicted octanol–water partition coefficient (Wildman–Crippen LogP) is 0.622. The third kappa shape index (κ3) is 1.02. The average molecular weight is 166 g/mol. The second-order valence-electron chi connectivity index (χ2n) is 2.38. The topological polar surface area (TPSA) is 18.5 Å². The number of hydrogen-bond donors (Lipinski definition) is 0. The fraction of sp³-hybridized carbons (Fsp3) is 0.429. The van der Waals surface area contributed by atoms with Crippen molar-refractivity contribution in [1.82, 2.24) is 0 Å². The first-order valence-electron chi connectivity index (χ1n) is 3.43. The maximum atomic E-state index is 5.68. The Hall–Kier alpha value is -0.635. The Morgan fingerprint density at radius 3 is 2.55 bits per heavy atom. The molecule has 0 unspecified atom stereocenters. The first-order valence-corrected chi connectivity index (χ1v) is 4.25. The molecule has 11 heavy (non-hydrogen) atoms. The van der Waals surface area contributed by atoms with Crippen LogP contribution in [0.25, 0.3) is 0 Å². The summed E-state index contributed by atoms with van der Waals surface area (Å²) < 4.78 is 11.4. The van der Waals surface area contributed by atoms with Crippen molar-refractivity contribution >= 4 is 24.0 Å². The van der Waals surface area contributed by atoms with Crippen LogP contribution in [0.15, 0.2) is 0 Å². The molecule has 1 aromatic rings. The van der Waals surface area contributed by atoms with E-state index in [1.54, 1.807) is 0 Å². The van der Waals surface area contributed by atoms with Crippen molar-refractivity contribution < 1.29 is 9.47 Å². The van der Waals surface area contributed by atoms with Gasteiger partial charge in [0.2, 0.25) is 0 Å². The van der Waals surface area contributed by atoms with Gasteiger partial charge in [0.1, 0.15) is 21.1 Å². The lowest BCUT2D eigenvalue weighted by Crippen LogP contribution is -2.17. The summed E-state index contributed by atoms with van der Waals surface area (Å²) in [6.07, 6.45) is 0. The molecular formula is C7H7BO2S. The minimum Gasteiger partial charge on any atom is -0.486 e. The molecule has 0 aliphatic carbocycles. The third-order valence-electron chi connectivity index (χ3n) is 1.59. The molecule has 0 amide bonds. The first kappa shape index (κ1) is 7.04. The normalized spacial score (nSPS) is 15.0. The molecule has 2 rings (SSSR count). The maximum absolute atomic E-state index is 5.68. The minimum atomic E-state index is 0.605. The molecular weight excluding hydrogens is 159 g/mol. The molecule has 0 saturated carbocycles. The van der Waals surface area contributed by atoms with Gasteiger partial charge in [0.25, 0.3) is 0 Å². The van der Waals surface area contributed by atoms with Crippen LogP contribution in [-0.4, -0.2) is 21.1 Å². The van der Waals surface area contributed by atoms with E-state index in [0.717, 1.165) is 21.2 Å². The summed E-state index contributed by atoms with van der Waals surface area (Å²) >= 11 is 1.51. The minimum absolute atomic E-state index is 0.605. The van der Waals surface area contributed by atoms with Crippen molar-refractivity contribution in [3.63, 3.8) is 0 Å². The molecule has 0 atom stereocenters. The van der Waals surface area contributed by atoms with Crippen molar-refractivity contribution in [2.24, 2.45) is 0 Å². The van der Waals surface area contributed by atoms with Crippen LogP contribution in [0.2, 0.25) is 0 Å². The van der Waals surface area contributed by atoms with Crippen LogP contribution in [-0.2, 0) is 0 Å². The second kappa shape index (κ2) is 2.45. The van der Waals surface area contributed by atoms with E-state index < -0.39 is 0 Å². The van der Waals surface area contributed by atoms with Crippen molar-refractivity contribution in [2.75, 3.05) is 13.2 Å². The molecule has 0 bridgehead atoms. The van der Waals surface area contributed by atoms with Gasteiger partial charge < -0.3 is 9.47 Å². The fourth-order valence-corrected chi connectivity index (χ4v) is 1.94. The highest BCUT2D eigenvalue weighted by Crippen LogP contribution is 2.35. The number of aryl methyl sites for hydroxylation is 1. The van der Waals surface area contributed by atoms with Gasteiger partial charge in [-0.15, -0.1) is 11.3 Å². The summed E-state index contributed by atoms with van der Waals surface area (Å²) in [5, 5.41) is 0. The fourth-order valence-electron chi connectivity index (χ4n) is 1.12. The summed E-state index contributed by atoms with van der Waals surface area (Å²) in [7, 11) is 5.68. The monoisotopic (exact) mass is 166 g/mol. The molecule has 0 fully saturated rings. The molecule has 0 spiro atoms. The Morgan fingerprint density at radius 1 is 1.27 bits per heavy atom. The van der Waals surface area contributed by atoms with E-state index in [4.69, 9.17) is 17.3 Å². The van der Waals surface area contributed by atoms with Crippen molar-refractivity contribution in [1.29, 1.82) is 0 Å². The average Bonchev–Trinajstić information content (AvgIpc) is 2.30. The molecule has 0 aromatic carbocycles. The molecule has 2 radical (unpaired) electrons. The van der Waals surface area contributed by atoms with Gasteiger partial charge in [-0.2, -0.15) is 0 Å². The van der Waals surface area contributed by atoms with E-state index >= 15 is 0 Å². The Kier molecular flexibility index (Phi) is 1.57. The molecule has 0 saturated heterocycles. The van der Waals surface area contributed by atoms with E-state index in [-0.39, 0.29) is 0 Å². The van der Waals surface area contributed by atoms with Crippen LogP contribution in [0.1, 0.15) is 4.88 Å². The van der Waals surface area contributed by atoms with Gasteiger partial charge in [0.05, 0.1) is 0 Å². The molecule has 56 valence electrons. The molecule has 2 heterocycles. The van der Waals surface area contributed by atoms with E-state index in [9.17, 15) is 0 Å². The Morgan fingerprint density at radius 2 is 1.91 bits per heavy atom. The molecule has 1 aliphatic rings. The Labute approximate surface area is 70.5 Å². The molecule has 1 aliphatic heterocycles. The quantitative estimate of drug-likeness (QED) is 0.526. The van der Waals surface area contributed by atoms with Crippen LogP contribution in [0.5, 0.6) is 11.5 Å². The summed E-state index contributed by atoms with van der Waals surface area (Å²) in [6, 6.07) is 0. The van der Waals surface area contributed by atoms with Crippen molar-refractivity contribution in [3.8, 4) is 11.5 Å². The summed E-state index contributed by atoms with van der Waals surface area (Å²) in [5.74, 6) is 1.57. The number of hydrogen-bond acceptors (Lipinski definition) is 3. The highest BCUT2D eigenvalue weighted by Gasteiger charge is 2.18. The number of ether oxygens (including phenoxy) is 2. The zero-order valence-electron chi connectivity index (χ0n) is 6.22. The van der Waals surface area contributed by atoms with Gasteiger partial charge in [0.15, 0.2) is 11.5 Å². The van der Waals surface area contributed by atoms with Gasteiger partial charge in [-0.1, -0.05) is 0 Å². The van der Waals surface area contributed by atoms with E-state index in [2.05, 4.69) is 0 Å². The lowest BCUT2D eigenvalue weighted by molar-refractivity contribution is 0.174. The molecule has 1 aromatic heterocycles. The van der Waals surface area contributed by atoms with Crippen LogP contribution in [0.3, 0.4) is 0 Å². The Balaban J connectivity index is 2.52. The standard InChI is InChI=1S/C7H7BO2S/c1-4-5-6(7(8)11-4)10-3-2-9-5/h2-3H2,1H3. The van der Waals surface area contributed by atoms with Crippen molar-refractivity contribution in [3.05, 3.63) is 4.88 Å². The summed E-state index contributed by atoms with van der Waals surface area (Å²) in [5.41, 5.74) is 0.